The van der Waals surface area contributed by atoms with Crippen molar-refractivity contribution < 1.29 is 23.5 Å². The van der Waals surface area contributed by atoms with Crippen LogP contribution >= 0.6 is 0 Å². The van der Waals surface area contributed by atoms with E-state index in [0.29, 0.717) is 53.5 Å². The van der Waals surface area contributed by atoms with Crippen molar-refractivity contribution in [2.75, 3.05) is 20.2 Å². The van der Waals surface area contributed by atoms with Gasteiger partial charge in [-0.2, -0.15) is 0 Å². The van der Waals surface area contributed by atoms with Gasteiger partial charge in [-0.05, 0) is 56.1 Å². The van der Waals surface area contributed by atoms with Gasteiger partial charge in [-0.25, -0.2) is 0 Å². The van der Waals surface area contributed by atoms with Crippen LogP contribution in [0.3, 0.4) is 0 Å². The standard InChI is InChI=1S/C29H31NO5/c1-17-8-7-11-21-20(17)12-13-22-25(21)27(32)26(31)24-18(2)23(35-28(22)24)16-30(3)14-15-34-29(33)19-9-5-4-6-10-19/h7-8,11-13,19H,4-6,9-10,14-16H2,1-3H3. The van der Waals surface area contributed by atoms with Crippen LogP contribution in [0.2, 0.25) is 0 Å². The van der Waals surface area contributed by atoms with Gasteiger partial charge in [0.1, 0.15) is 18.1 Å². The first-order valence-corrected chi connectivity index (χ1v) is 12.5. The van der Waals surface area contributed by atoms with Crippen LogP contribution in [0.5, 0.6) is 0 Å². The number of rotatable bonds is 6. The number of ketones is 2. The second-order valence-electron chi connectivity index (χ2n) is 9.91. The van der Waals surface area contributed by atoms with Crippen LogP contribution in [-0.4, -0.2) is 42.6 Å². The molecule has 0 bridgehead atoms. The maximum absolute atomic E-state index is 13.2. The Kier molecular flexibility index (Phi) is 6.32. The van der Waals surface area contributed by atoms with E-state index in [0.717, 1.165) is 42.0 Å². The molecule has 0 saturated heterocycles. The molecular weight excluding hydrogens is 442 g/mol. The number of benzene rings is 2. The number of likely N-dealkylation sites (N-methyl/N-ethyl adjacent to an activating group) is 1. The lowest BCUT2D eigenvalue weighted by Gasteiger charge is -2.21. The molecule has 1 aromatic heterocycles. The minimum Gasteiger partial charge on any atom is -0.464 e. The third-order valence-electron chi connectivity index (χ3n) is 7.50. The first-order valence-electron chi connectivity index (χ1n) is 12.5. The molecule has 2 aromatic carbocycles. The molecule has 0 N–H and O–H groups in total. The van der Waals surface area contributed by atoms with Crippen LogP contribution in [0.4, 0.5) is 0 Å². The quantitative estimate of drug-likeness (QED) is 0.340. The second kappa shape index (κ2) is 9.42. The van der Waals surface area contributed by atoms with Crippen molar-refractivity contribution in [3.05, 3.63) is 58.3 Å². The van der Waals surface area contributed by atoms with Gasteiger partial charge in [0.2, 0.25) is 11.6 Å². The molecule has 1 heterocycles. The van der Waals surface area contributed by atoms with Crippen molar-refractivity contribution in [3.8, 4) is 11.3 Å². The number of esters is 1. The van der Waals surface area contributed by atoms with E-state index in [1.165, 1.54) is 6.42 Å². The highest BCUT2D eigenvalue weighted by atomic mass is 16.5. The van der Waals surface area contributed by atoms with E-state index in [1.54, 1.807) is 0 Å². The molecule has 2 aliphatic rings. The highest BCUT2D eigenvalue weighted by molar-refractivity contribution is 6.54. The molecule has 182 valence electrons. The average molecular weight is 474 g/mol. The van der Waals surface area contributed by atoms with Gasteiger partial charge in [0, 0.05) is 23.2 Å². The number of ether oxygens (including phenoxy) is 1. The summed E-state index contributed by atoms with van der Waals surface area (Å²) in [6.07, 6.45) is 5.25. The molecule has 5 rings (SSSR count). The minimum atomic E-state index is -0.516. The third kappa shape index (κ3) is 4.20. The monoisotopic (exact) mass is 473 g/mol. The van der Waals surface area contributed by atoms with Crippen LogP contribution in [0, 0.1) is 19.8 Å². The van der Waals surface area contributed by atoms with Crippen molar-refractivity contribution in [2.45, 2.75) is 52.5 Å². The Morgan fingerprint density at radius 3 is 2.51 bits per heavy atom. The summed E-state index contributed by atoms with van der Waals surface area (Å²) in [5.74, 6) is 0.0646. The zero-order valence-electron chi connectivity index (χ0n) is 20.6. The van der Waals surface area contributed by atoms with Crippen LogP contribution in [-0.2, 0) is 16.1 Å². The number of Topliss-reactive ketones (excluding diaryl/α,β-unsaturated/α-hetero) is 2. The molecule has 35 heavy (non-hydrogen) atoms. The molecule has 0 unspecified atom stereocenters. The fraction of sp³-hybridized carbons (Fsp3) is 0.414. The van der Waals surface area contributed by atoms with Gasteiger partial charge >= 0.3 is 5.97 Å². The number of hydrogen-bond acceptors (Lipinski definition) is 6. The summed E-state index contributed by atoms with van der Waals surface area (Å²) in [5.41, 5.74) is 3.20. The van der Waals surface area contributed by atoms with Crippen LogP contribution in [0.15, 0.2) is 34.7 Å². The van der Waals surface area contributed by atoms with E-state index in [1.807, 2.05) is 56.1 Å². The average Bonchev–Trinajstić information content (AvgIpc) is 3.18. The van der Waals surface area contributed by atoms with E-state index >= 15 is 0 Å². The van der Waals surface area contributed by atoms with E-state index in [4.69, 9.17) is 9.15 Å². The summed E-state index contributed by atoms with van der Waals surface area (Å²) < 4.78 is 11.8. The van der Waals surface area contributed by atoms with Crippen molar-refractivity contribution in [1.29, 1.82) is 0 Å². The summed E-state index contributed by atoms with van der Waals surface area (Å²) in [5, 5.41) is 1.74. The Balaban J connectivity index is 1.35. The summed E-state index contributed by atoms with van der Waals surface area (Å²) in [7, 11) is 1.92. The molecule has 6 nitrogen and oxygen atoms in total. The molecule has 0 spiro atoms. The van der Waals surface area contributed by atoms with Gasteiger partial charge in [0.25, 0.3) is 0 Å². The predicted molar refractivity (Wildman–Crippen MR) is 134 cm³/mol. The Labute approximate surface area is 205 Å². The van der Waals surface area contributed by atoms with Crippen LogP contribution in [0.1, 0.15) is 69.7 Å². The van der Waals surface area contributed by atoms with Gasteiger partial charge in [0.15, 0.2) is 0 Å². The topological polar surface area (TPSA) is 76.8 Å². The maximum atomic E-state index is 13.2. The minimum absolute atomic E-state index is 0.0385. The number of carbonyl (C=O) groups excluding carboxylic acids is 3. The van der Waals surface area contributed by atoms with Crippen molar-refractivity contribution in [3.63, 3.8) is 0 Å². The Hall–Kier alpha value is -3.25. The molecule has 0 atom stereocenters. The fourth-order valence-corrected chi connectivity index (χ4v) is 5.43. The molecule has 0 aliphatic heterocycles. The number of nitrogens with zero attached hydrogens (tertiary/aromatic N) is 1. The van der Waals surface area contributed by atoms with E-state index in [-0.39, 0.29) is 11.9 Å². The number of hydrogen-bond donors (Lipinski definition) is 0. The first-order chi connectivity index (χ1) is 16.9. The zero-order valence-corrected chi connectivity index (χ0v) is 20.6. The lowest BCUT2D eigenvalue weighted by molar-refractivity contribution is -0.150. The highest BCUT2D eigenvalue weighted by Crippen LogP contribution is 2.41. The number of fused-ring (bicyclic) bond motifs is 5. The molecule has 0 amide bonds. The maximum Gasteiger partial charge on any atom is 0.308 e. The third-order valence-corrected chi connectivity index (χ3v) is 7.50. The van der Waals surface area contributed by atoms with Gasteiger partial charge in [-0.1, -0.05) is 43.5 Å². The molecular formula is C29H31NO5. The molecule has 3 aromatic rings. The fourth-order valence-electron chi connectivity index (χ4n) is 5.43. The number of carbonyl (C=O) groups is 3. The number of aryl methyl sites for hydroxylation is 1. The summed E-state index contributed by atoms with van der Waals surface area (Å²) in [4.78, 5) is 40.6. The Morgan fingerprint density at radius 2 is 1.74 bits per heavy atom. The first kappa shape index (κ1) is 23.5. The van der Waals surface area contributed by atoms with Crippen LogP contribution < -0.4 is 0 Å². The summed E-state index contributed by atoms with van der Waals surface area (Å²) >= 11 is 0. The van der Waals surface area contributed by atoms with Gasteiger partial charge < -0.3 is 9.15 Å². The Morgan fingerprint density at radius 1 is 1.00 bits per heavy atom. The lowest BCUT2D eigenvalue weighted by atomic mass is 9.83. The van der Waals surface area contributed by atoms with Crippen molar-refractivity contribution in [2.24, 2.45) is 5.92 Å². The number of furan rings is 1. The van der Waals surface area contributed by atoms with E-state index < -0.39 is 11.6 Å². The molecule has 6 heteroatoms. The van der Waals surface area contributed by atoms with E-state index in [9.17, 15) is 14.4 Å². The lowest BCUT2D eigenvalue weighted by Crippen LogP contribution is -2.27. The molecule has 0 radical (unpaired) electrons. The largest absolute Gasteiger partial charge is 0.464 e. The van der Waals surface area contributed by atoms with E-state index in [2.05, 4.69) is 0 Å². The Bertz CT molecular complexity index is 1330. The van der Waals surface area contributed by atoms with Gasteiger partial charge in [-0.3, -0.25) is 19.3 Å². The molecule has 2 aliphatic carbocycles. The normalized spacial score (nSPS) is 16.0. The predicted octanol–water partition coefficient (Wildman–Crippen LogP) is 5.65. The summed E-state index contributed by atoms with van der Waals surface area (Å²) in [6.45, 7) is 5.14. The van der Waals surface area contributed by atoms with Gasteiger partial charge in [0.05, 0.1) is 18.0 Å². The van der Waals surface area contributed by atoms with Gasteiger partial charge in [-0.15, -0.1) is 0 Å². The SMILES string of the molecule is Cc1c(CN(C)CCOC(=O)C2CCCCC2)oc2c1C(=O)C(=O)c1c-2ccc2c(C)cccc12. The highest BCUT2D eigenvalue weighted by Gasteiger charge is 2.37. The summed E-state index contributed by atoms with van der Waals surface area (Å²) in [6, 6.07) is 9.65. The molecule has 1 saturated carbocycles. The zero-order chi connectivity index (χ0) is 24.7. The molecule has 1 fully saturated rings. The van der Waals surface area contributed by atoms with Crippen molar-refractivity contribution >= 4 is 28.3 Å². The second-order valence-corrected chi connectivity index (χ2v) is 9.91. The van der Waals surface area contributed by atoms with Crippen LogP contribution in [0.25, 0.3) is 22.1 Å². The van der Waals surface area contributed by atoms with Crippen molar-refractivity contribution in [1.82, 2.24) is 4.90 Å². The smallest absolute Gasteiger partial charge is 0.308 e.